The summed E-state index contributed by atoms with van der Waals surface area (Å²) in [6.07, 6.45) is 11.3. The summed E-state index contributed by atoms with van der Waals surface area (Å²) in [6.45, 7) is 0.932. The van der Waals surface area contributed by atoms with Crippen LogP contribution in [0.5, 0.6) is 5.88 Å². The van der Waals surface area contributed by atoms with Crippen LogP contribution in [0, 0.1) is 0 Å². The monoisotopic (exact) mass is 246 g/mol. The molecule has 0 aliphatic heterocycles. The first-order chi connectivity index (χ1) is 8.90. The SMILES string of the molecule is c1cc(OC2CCCCC2)ncc1CNC1CC1. The van der Waals surface area contributed by atoms with Gasteiger partial charge in [0.1, 0.15) is 6.10 Å². The van der Waals surface area contributed by atoms with Crippen molar-refractivity contribution in [2.24, 2.45) is 0 Å². The van der Waals surface area contributed by atoms with E-state index >= 15 is 0 Å². The molecule has 0 amide bonds. The second-order valence-corrected chi connectivity index (χ2v) is 5.54. The lowest BCUT2D eigenvalue weighted by molar-refractivity contribution is 0.148. The molecule has 3 nitrogen and oxygen atoms in total. The fourth-order valence-electron chi connectivity index (χ4n) is 2.49. The van der Waals surface area contributed by atoms with Gasteiger partial charge < -0.3 is 10.1 Å². The normalized spacial score (nSPS) is 20.9. The summed E-state index contributed by atoms with van der Waals surface area (Å²) in [5.41, 5.74) is 1.25. The van der Waals surface area contributed by atoms with Crippen molar-refractivity contribution in [2.75, 3.05) is 0 Å². The first-order valence-corrected chi connectivity index (χ1v) is 7.25. The lowest BCUT2D eigenvalue weighted by atomic mass is 9.98. The maximum Gasteiger partial charge on any atom is 0.213 e. The Hall–Kier alpha value is -1.09. The number of rotatable bonds is 5. The Bertz CT molecular complexity index is 367. The van der Waals surface area contributed by atoms with Crippen LogP contribution in [0.15, 0.2) is 18.3 Å². The van der Waals surface area contributed by atoms with E-state index in [-0.39, 0.29) is 0 Å². The molecule has 1 aromatic rings. The molecule has 1 N–H and O–H groups in total. The molecule has 3 rings (SSSR count). The Labute approximate surface area is 109 Å². The molecule has 2 saturated carbocycles. The Balaban J connectivity index is 1.49. The third kappa shape index (κ3) is 3.45. The van der Waals surface area contributed by atoms with E-state index < -0.39 is 0 Å². The van der Waals surface area contributed by atoms with Crippen LogP contribution in [0.25, 0.3) is 0 Å². The number of ether oxygens (including phenoxy) is 1. The maximum absolute atomic E-state index is 5.92. The van der Waals surface area contributed by atoms with E-state index in [1.807, 2.05) is 12.3 Å². The quantitative estimate of drug-likeness (QED) is 0.867. The predicted octanol–water partition coefficient (Wildman–Crippen LogP) is 3.05. The van der Waals surface area contributed by atoms with Gasteiger partial charge in [0.05, 0.1) is 0 Å². The zero-order chi connectivity index (χ0) is 12.2. The van der Waals surface area contributed by atoms with Gasteiger partial charge in [-0.15, -0.1) is 0 Å². The molecule has 0 spiro atoms. The van der Waals surface area contributed by atoms with Crippen molar-refractivity contribution in [3.8, 4) is 5.88 Å². The van der Waals surface area contributed by atoms with Crippen LogP contribution in [-0.2, 0) is 6.54 Å². The van der Waals surface area contributed by atoms with Crippen LogP contribution < -0.4 is 10.1 Å². The summed E-state index contributed by atoms with van der Waals surface area (Å²) in [7, 11) is 0. The largest absolute Gasteiger partial charge is 0.474 e. The Morgan fingerprint density at radius 3 is 2.61 bits per heavy atom. The number of pyridine rings is 1. The molecule has 0 aromatic carbocycles. The van der Waals surface area contributed by atoms with Gasteiger partial charge in [-0.25, -0.2) is 4.98 Å². The van der Waals surface area contributed by atoms with Gasteiger partial charge in [0.25, 0.3) is 0 Å². The van der Waals surface area contributed by atoms with E-state index in [4.69, 9.17) is 4.74 Å². The van der Waals surface area contributed by atoms with Gasteiger partial charge in [0.2, 0.25) is 5.88 Å². The van der Waals surface area contributed by atoms with E-state index in [9.17, 15) is 0 Å². The zero-order valence-corrected chi connectivity index (χ0v) is 10.9. The molecule has 0 radical (unpaired) electrons. The van der Waals surface area contributed by atoms with E-state index in [1.165, 1.54) is 50.5 Å². The molecule has 0 unspecified atom stereocenters. The van der Waals surface area contributed by atoms with Crippen LogP contribution >= 0.6 is 0 Å². The zero-order valence-electron chi connectivity index (χ0n) is 10.9. The molecule has 0 bridgehead atoms. The molecule has 18 heavy (non-hydrogen) atoms. The van der Waals surface area contributed by atoms with Gasteiger partial charge in [-0.3, -0.25) is 0 Å². The van der Waals surface area contributed by atoms with Gasteiger partial charge >= 0.3 is 0 Å². The highest BCUT2D eigenvalue weighted by atomic mass is 16.5. The standard InChI is InChI=1S/C15H22N2O/c1-2-4-14(5-3-1)18-15-9-6-12(11-17-15)10-16-13-7-8-13/h6,9,11,13-14,16H,1-5,7-8,10H2. The molecule has 2 aliphatic carbocycles. The van der Waals surface area contributed by atoms with Crippen molar-refractivity contribution < 1.29 is 4.74 Å². The van der Waals surface area contributed by atoms with E-state index in [1.54, 1.807) is 0 Å². The van der Waals surface area contributed by atoms with Crippen LogP contribution in [-0.4, -0.2) is 17.1 Å². The van der Waals surface area contributed by atoms with Gasteiger partial charge in [-0.2, -0.15) is 0 Å². The molecule has 2 fully saturated rings. The van der Waals surface area contributed by atoms with E-state index in [0.29, 0.717) is 6.10 Å². The molecule has 1 aromatic heterocycles. The van der Waals surface area contributed by atoms with Crippen LogP contribution in [0.3, 0.4) is 0 Å². The molecule has 0 saturated heterocycles. The first kappa shape index (κ1) is 12.0. The molecular weight excluding hydrogens is 224 g/mol. The number of nitrogens with one attached hydrogen (secondary N) is 1. The molecule has 3 heteroatoms. The minimum Gasteiger partial charge on any atom is -0.474 e. The number of hydrogen-bond acceptors (Lipinski definition) is 3. The summed E-state index contributed by atoms with van der Waals surface area (Å²) >= 11 is 0. The van der Waals surface area contributed by atoms with Gasteiger partial charge in [-0.05, 0) is 44.1 Å². The molecule has 2 aliphatic rings. The molecule has 0 atom stereocenters. The second kappa shape index (κ2) is 5.70. The van der Waals surface area contributed by atoms with Crippen LogP contribution in [0.1, 0.15) is 50.5 Å². The fraction of sp³-hybridized carbons (Fsp3) is 0.667. The van der Waals surface area contributed by atoms with E-state index in [2.05, 4.69) is 16.4 Å². The van der Waals surface area contributed by atoms with Crippen molar-refractivity contribution in [3.05, 3.63) is 23.9 Å². The smallest absolute Gasteiger partial charge is 0.213 e. The highest BCUT2D eigenvalue weighted by Gasteiger charge is 2.20. The van der Waals surface area contributed by atoms with Crippen LogP contribution in [0.4, 0.5) is 0 Å². The Morgan fingerprint density at radius 2 is 1.94 bits per heavy atom. The maximum atomic E-state index is 5.92. The average molecular weight is 246 g/mol. The van der Waals surface area contributed by atoms with Crippen molar-refractivity contribution in [1.82, 2.24) is 10.3 Å². The van der Waals surface area contributed by atoms with Gasteiger partial charge in [0.15, 0.2) is 0 Å². The molecule has 1 heterocycles. The van der Waals surface area contributed by atoms with Crippen molar-refractivity contribution >= 4 is 0 Å². The third-order valence-electron chi connectivity index (χ3n) is 3.81. The summed E-state index contributed by atoms with van der Waals surface area (Å²) < 4.78 is 5.92. The summed E-state index contributed by atoms with van der Waals surface area (Å²) in [6, 6.07) is 4.89. The van der Waals surface area contributed by atoms with Crippen LogP contribution in [0.2, 0.25) is 0 Å². The highest BCUT2D eigenvalue weighted by molar-refractivity contribution is 5.18. The highest BCUT2D eigenvalue weighted by Crippen LogP contribution is 2.22. The second-order valence-electron chi connectivity index (χ2n) is 5.54. The molecular formula is C15H22N2O. The minimum absolute atomic E-state index is 0.390. The molecule has 98 valence electrons. The van der Waals surface area contributed by atoms with Gasteiger partial charge in [0, 0.05) is 24.8 Å². The van der Waals surface area contributed by atoms with Crippen molar-refractivity contribution in [1.29, 1.82) is 0 Å². The van der Waals surface area contributed by atoms with E-state index in [0.717, 1.165) is 18.5 Å². The third-order valence-corrected chi connectivity index (χ3v) is 3.81. The Morgan fingerprint density at radius 1 is 1.11 bits per heavy atom. The Kier molecular flexibility index (Phi) is 3.79. The first-order valence-electron chi connectivity index (χ1n) is 7.25. The lowest BCUT2D eigenvalue weighted by Gasteiger charge is -2.22. The predicted molar refractivity (Wildman–Crippen MR) is 71.6 cm³/mol. The minimum atomic E-state index is 0.390. The number of aromatic nitrogens is 1. The van der Waals surface area contributed by atoms with Gasteiger partial charge in [-0.1, -0.05) is 12.5 Å². The number of nitrogens with zero attached hydrogens (tertiary/aromatic N) is 1. The van der Waals surface area contributed by atoms with Crippen molar-refractivity contribution in [2.45, 2.75) is 63.6 Å². The summed E-state index contributed by atoms with van der Waals surface area (Å²) in [4.78, 5) is 4.41. The average Bonchev–Trinajstić information content (AvgIpc) is 3.23. The topological polar surface area (TPSA) is 34.1 Å². The fourth-order valence-corrected chi connectivity index (χ4v) is 2.49. The summed E-state index contributed by atoms with van der Waals surface area (Å²) in [5, 5.41) is 3.49. The van der Waals surface area contributed by atoms with Crippen molar-refractivity contribution in [3.63, 3.8) is 0 Å². The summed E-state index contributed by atoms with van der Waals surface area (Å²) in [5.74, 6) is 0.789. The number of hydrogen-bond donors (Lipinski definition) is 1. The lowest BCUT2D eigenvalue weighted by Crippen LogP contribution is -2.20.